The maximum absolute atomic E-state index is 12.0. The molecule has 1 heterocycles. The molecule has 1 aromatic carbocycles. The van der Waals surface area contributed by atoms with Crippen LogP contribution < -0.4 is 10.1 Å². The van der Waals surface area contributed by atoms with Crippen molar-refractivity contribution < 1.29 is 14.3 Å². The molecule has 0 aliphatic carbocycles. The second kappa shape index (κ2) is 6.20. The lowest BCUT2D eigenvalue weighted by Gasteiger charge is -2.12. The highest BCUT2D eigenvalue weighted by molar-refractivity contribution is 9.10. The zero-order valence-corrected chi connectivity index (χ0v) is 11.8. The van der Waals surface area contributed by atoms with Crippen LogP contribution in [0.4, 0.5) is 0 Å². The Balaban J connectivity index is 1.99. The third kappa shape index (κ3) is 3.23. The third-order valence-corrected chi connectivity index (χ3v) is 3.48. The lowest BCUT2D eigenvalue weighted by molar-refractivity contribution is 0.0942. The van der Waals surface area contributed by atoms with E-state index in [2.05, 4.69) is 21.2 Å². The number of methoxy groups -OCH3 is 1. The molecule has 1 N–H and O–H groups in total. The normalized spacial score (nSPS) is 18.7. The highest BCUT2D eigenvalue weighted by Gasteiger charge is 2.18. The molecule has 1 aliphatic heterocycles. The van der Waals surface area contributed by atoms with Gasteiger partial charge in [-0.15, -0.1) is 0 Å². The number of hydrogen-bond acceptors (Lipinski definition) is 3. The summed E-state index contributed by atoms with van der Waals surface area (Å²) in [6, 6.07) is 5.37. The molecule has 0 aromatic heterocycles. The third-order valence-electron chi connectivity index (χ3n) is 2.98. The van der Waals surface area contributed by atoms with Crippen LogP contribution in [0.3, 0.4) is 0 Å². The molecule has 1 atom stereocenters. The SMILES string of the molecule is COc1cc(Br)ccc1C(=O)NCC1CCOC1. The molecule has 1 aliphatic rings. The molecule has 2 rings (SSSR count). The first-order chi connectivity index (χ1) is 8.70. The van der Waals surface area contributed by atoms with E-state index in [1.165, 1.54) is 0 Å². The van der Waals surface area contributed by atoms with E-state index in [9.17, 15) is 4.79 Å². The number of halogens is 1. The Bertz CT molecular complexity index is 430. The summed E-state index contributed by atoms with van der Waals surface area (Å²) in [5.74, 6) is 0.895. The summed E-state index contributed by atoms with van der Waals surface area (Å²) < 4.78 is 11.4. The Morgan fingerprint density at radius 2 is 2.44 bits per heavy atom. The zero-order chi connectivity index (χ0) is 13.0. The van der Waals surface area contributed by atoms with Gasteiger partial charge in [0.05, 0.1) is 19.3 Å². The van der Waals surface area contributed by atoms with E-state index in [-0.39, 0.29) is 5.91 Å². The van der Waals surface area contributed by atoms with Crippen molar-refractivity contribution >= 4 is 21.8 Å². The number of hydrogen-bond donors (Lipinski definition) is 1. The van der Waals surface area contributed by atoms with Gasteiger partial charge in [-0.3, -0.25) is 4.79 Å². The van der Waals surface area contributed by atoms with Crippen LogP contribution in [0, 0.1) is 5.92 Å². The summed E-state index contributed by atoms with van der Waals surface area (Å²) in [7, 11) is 1.56. The molecule has 1 unspecified atom stereocenters. The van der Waals surface area contributed by atoms with Crippen LogP contribution in [0.15, 0.2) is 22.7 Å². The fourth-order valence-corrected chi connectivity index (χ4v) is 2.27. The highest BCUT2D eigenvalue weighted by atomic mass is 79.9. The van der Waals surface area contributed by atoms with Crippen LogP contribution in [0.25, 0.3) is 0 Å². The Hall–Kier alpha value is -1.07. The van der Waals surface area contributed by atoms with E-state index in [1.54, 1.807) is 19.2 Å². The van der Waals surface area contributed by atoms with Crippen molar-refractivity contribution in [2.75, 3.05) is 26.9 Å². The van der Waals surface area contributed by atoms with E-state index in [0.29, 0.717) is 23.8 Å². The molecule has 1 fully saturated rings. The smallest absolute Gasteiger partial charge is 0.255 e. The second-order valence-electron chi connectivity index (χ2n) is 4.28. The van der Waals surface area contributed by atoms with Gasteiger partial charge in [-0.2, -0.15) is 0 Å². The lowest BCUT2D eigenvalue weighted by Crippen LogP contribution is -2.29. The Morgan fingerprint density at radius 3 is 3.11 bits per heavy atom. The summed E-state index contributed by atoms with van der Waals surface area (Å²) in [5.41, 5.74) is 0.555. The fraction of sp³-hybridized carbons (Fsp3) is 0.462. The van der Waals surface area contributed by atoms with Crippen molar-refractivity contribution in [3.63, 3.8) is 0 Å². The first-order valence-electron chi connectivity index (χ1n) is 5.90. The molecule has 0 radical (unpaired) electrons. The van der Waals surface area contributed by atoms with Gasteiger partial charge in [-0.25, -0.2) is 0 Å². The van der Waals surface area contributed by atoms with Gasteiger partial charge in [-0.1, -0.05) is 15.9 Å². The molecule has 0 spiro atoms. The molecule has 5 heteroatoms. The zero-order valence-electron chi connectivity index (χ0n) is 10.2. The van der Waals surface area contributed by atoms with Gasteiger partial charge in [0.25, 0.3) is 5.91 Å². The molecular weight excluding hydrogens is 298 g/mol. The van der Waals surface area contributed by atoms with Gasteiger partial charge in [0.15, 0.2) is 0 Å². The van der Waals surface area contributed by atoms with Crippen LogP contribution in [0.5, 0.6) is 5.75 Å². The van der Waals surface area contributed by atoms with Gasteiger partial charge in [0.2, 0.25) is 0 Å². The van der Waals surface area contributed by atoms with Crippen molar-refractivity contribution in [3.05, 3.63) is 28.2 Å². The molecular formula is C13H16BrNO3. The predicted molar refractivity (Wildman–Crippen MR) is 72.0 cm³/mol. The van der Waals surface area contributed by atoms with Crippen LogP contribution >= 0.6 is 15.9 Å². The van der Waals surface area contributed by atoms with Crippen LogP contribution in [-0.2, 0) is 4.74 Å². The van der Waals surface area contributed by atoms with Crippen molar-refractivity contribution in [1.82, 2.24) is 5.32 Å². The minimum absolute atomic E-state index is 0.105. The minimum atomic E-state index is -0.105. The monoisotopic (exact) mass is 313 g/mol. The summed E-state index contributed by atoms with van der Waals surface area (Å²) in [4.78, 5) is 12.0. The largest absolute Gasteiger partial charge is 0.496 e. The Morgan fingerprint density at radius 1 is 1.61 bits per heavy atom. The maximum Gasteiger partial charge on any atom is 0.255 e. The van der Waals surface area contributed by atoms with E-state index < -0.39 is 0 Å². The predicted octanol–water partition coefficient (Wildman–Crippen LogP) is 2.22. The minimum Gasteiger partial charge on any atom is -0.496 e. The number of ether oxygens (including phenoxy) is 2. The van der Waals surface area contributed by atoms with Crippen molar-refractivity contribution in [2.45, 2.75) is 6.42 Å². The maximum atomic E-state index is 12.0. The van der Waals surface area contributed by atoms with Crippen LogP contribution in [-0.4, -0.2) is 32.8 Å². The molecule has 18 heavy (non-hydrogen) atoms. The number of carbonyl (C=O) groups excluding carboxylic acids is 1. The molecule has 1 aromatic rings. The van der Waals surface area contributed by atoms with Gasteiger partial charge in [0.1, 0.15) is 5.75 Å². The van der Waals surface area contributed by atoms with E-state index in [4.69, 9.17) is 9.47 Å². The fourth-order valence-electron chi connectivity index (χ4n) is 1.93. The lowest BCUT2D eigenvalue weighted by atomic mass is 10.1. The summed E-state index contributed by atoms with van der Waals surface area (Å²) in [6.07, 6.45) is 1.01. The first-order valence-corrected chi connectivity index (χ1v) is 6.69. The van der Waals surface area contributed by atoms with E-state index >= 15 is 0 Å². The van der Waals surface area contributed by atoms with Crippen LogP contribution in [0.2, 0.25) is 0 Å². The van der Waals surface area contributed by atoms with Crippen molar-refractivity contribution in [3.8, 4) is 5.75 Å². The van der Waals surface area contributed by atoms with Crippen molar-refractivity contribution in [2.24, 2.45) is 5.92 Å². The molecule has 1 amide bonds. The molecule has 0 bridgehead atoms. The summed E-state index contributed by atoms with van der Waals surface area (Å²) in [5, 5.41) is 2.92. The average Bonchev–Trinajstić information content (AvgIpc) is 2.88. The van der Waals surface area contributed by atoms with Gasteiger partial charge >= 0.3 is 0 Å². The molecule has 98 valence electrons. The van der Waals surface area contributed by atoms with E-state index in [0.717, 1.165) is 24.1 Å². The van der Waals surface area contributed by atoms with E-state index in [1.807, 2.05) is 6.07 Å². The quantitative estimate of drug-likeness (QED) is 0.927. The number of carbonyl (C=O) groups is 1. The molecule has 0 saturated carbocycles. The van der Waals surface area contributed by atoms with Gasteiger partial charge in [-0.05, 0) is 24.6 Å². The molecule has 1 saturated heterocycles. The second-order valence-corrected chi connectivity index (χ2v) is 5.20. The first kappa shape index (κ1) is 13.4. The number of rotatable bonds is 4. The van der Waals surface area contributed by atoms with Gasteiger partial charge in [0, 0.05) is 23.5 Å². The van der Waals surface area contributed by atoms with Gasteiger partial charge < -0.3 is 14.8 Å². The van der Waals surface area contributed by atoms with Crippen LogP contribution in [0.1, 0.15) is 16.8 Å². The molecule has 4 nitrogen and oxygen atoms in total. The standard InChI is InChI=1S/C13H16BrNO3/c1-17-12-6-10(14)2-3-11(12)13(16)15-7-9-4-5-18-8-9/h2-3,6,9H,4-5,7-8H2,1H3,(H,15,16). The number of amides is 1. The summed E-state index contributed by atoms with van der Waals surface area (Å²) in [6.45, 7) is 2.18. The average molecular weight is 314 g/mol. The van der Waals surface area contributed by atoms with Crippen molar-refractivity contribution in [1.29, 1.82) is 0 Å². The Kier molecular flexibility index (Phi) is 4.60. The number of benzene rings is 1. The number of nitrogens with one attached hydrogen (secondary N) is 1. The summed E-state index contributed by atoms with van der Waals surface area (Å²) >= 11 is 3.35. The topological polar surface area (TPSA) is 47.6 Å². The Labute approximate surface area is 115 Å². The highest BCUT2D eigenvalue weighted by Crippen LogP contribution is 2.23.